The van der Waals surface area contributed by atoms with E-state index in [-0.39, 0.29) is 0 Å². The van der Waals surface area contributed by atoms with Crippen LogP contribution in [0, 0.1) is 0 Å². The van der Waals surface area contributed by atoms with Gasteiger partial charge in [-0.25, -0.2) is 0 Å². The number of benzene rings is 2. The van der Waals surface area contributed by atoms with Crippen LogP contribution in [-0.2, 0) is 11.2 Å². The zero-order valence-corrected chi connectivity index (χ0v) is 10.9. The average molecular weight is 265 g/mol. The van der Waals surface area contributed by atoms with E-state index < -0.39 is 11.9 Å². The number of carbonyl (C=O) groups is 1. The molecule has 100 valence electrons. The summed E-state index contributed by atoms with van der Waals surface area (Å²) in [5.41, 5.74) is 2.92. The highest BCUT2D eigenvalue weighted by atomic mass is 16.4. The molecule has 1 heterocycles. The van der Waals surface area contributed by atoms with Crippen molar-refractivity contribution in [2.75, 3.05) is 0 Å². The van der Waals surface area contributed by atoms with Crippen LogP contribution in [0.25, 0.3) is 10.9 Å². The van der Waals surface area contributed by atoms with Crippen molar-refractivity contribution in [2.24, 2.45) is 0 Å². The van der Waals surface area contributed by atoms with E-state index in [1.807, 2.05) is 60.8 Å². The van der Waals surface area contributed by atoms with E-state index in [9.17, 15) is 9.90 Å². The molecule has 2 aromatic carbocycles. The minimum absolute atomic E-state index is 0.489. The van der Waals surface area contributed by atoms with Crippen molar-refractivity contribution in [1.82, 2.24) is 4.98 Å². The second-order valence-corrected chi connectivity index (χ2v) is 4.87. The third kappa shape index (κ3) is 2.30. The van der Waals surface area contributed by atoms with Crippen molar-refractivity contribution < 1.29 is 9.90 Å². The Balaban J connectivity index is 1.97. The van der Waals surface area contributed by atoms with E-state index in [0.29, 0.717) is 6.42 Å². The lowest BCUT2D eigenvalue weighted by Crippen LogP contribution is -2.14. The van der Waals surface area contributed by atoms with Crippen molar-refractivity contribution in [3.8, 4) is 0 Å². The van der Waals surface area contributed by atoms with Gasteiger partial charge in [0.2, 0.25) is 0 Å². The number of aromatic nitrogens is 1. The molecule has 0 unspecified atom stereocenters. The number of aromatic amines is 1. The number of carboxylic acid groups (broad SMARTS) is 1. The van der Waals surface area contributed by atoms with E-state index in [2.05, 4.69) is 4.98 Å². The summed E-state index contributed by atoms with van der Waals surface area (Å²) in [4.78, 5) is 14.7. The third-order valence-electron chi connectivity index (χ3n) is 3.60. The zero-order chi connectivity index (χ0) is 13.9. The molecule has 0 aliphatic carbocycles. The number of carboxylic acids is 1. The first-order valence-electron chi connectivity index (χ1n) is 6.58. The molecule has 2 N–H and O–H groups in total. The second kappa shape index (κ2) is 5.21. The molecule has 1 aromatic heterocycles. The Labute approximate surface area is 116 Å². The normalized spacial score (nSPS) is 12.4. The van der Waals surface area contributed by atoms with Gasteiger partial charge in [0.1, 0.15) is 0 Å². The van der Waals surface area contributed by atoms with Crippen molar-refractivity contribution in [1.29, 1.82) is 0 Å². The molecule has 0 saturated heterocycles. The Kier molecular flexibility index (Phi) is 3.25. The highest BCUT2D eigenvalue weighted by Crippen LogP contribution is 2.26. The van der Waals surface area contributed by atoms with Crippen molar-refractivity contribution >= 4 is 16.9 Å². The minimum Gasteiger partial charge on any atom is -0.481 e. The SMILES string of the molecule is O=C(O)[C@@H](Cc1c[nH]c2ccccc12)c1ccccc1. The van der Waals surface area contributed by atoms with Gasteiger partial charge in [-0.1, -0.05) is 48.5 Å². The van der Waals surface area contributed by atoms with Crippen molar-refractivity contribution in [2.45, 2.75) is 12.3 Å². The number of para-hydroxylation sites is 1. The molecule has 0 saturated carbocycles. The number of hydrogen-bond donors (Lipinski definition) is 2. The maximum Gasteiger partial charge on any atom is 0.311 e. The first kappa shape index (κ1) is 12.5. The molecule has 1 atom stereocenters. The summed E-state index contributed by atoms with van der Waals surface area (Å²) in [6.07, 6.45) is 2.40. The van der Waals surface area contributed by atoms with Crippen LogP contribution >= 0.6 is 0 Å². The molecule has 0 bridgehead atoms. The minimum atomic E-state index is -0.790. The van der Waals surface area contributed by atoms with E-state index in [1.165, 1.54) is 0 Å². The summed E-state index contributed by atoms with van der Waals surface area (Å²) in [5, 5.41) is 10.6. The second-order valence-electron chi connectivity index (χ2n) is 4.87. The highest BCUT2D eigenvalue weighted by molar-refractivity contribution is 5.84. The lowest BCUT2D eigenvalue weighted by atomic mass is 9.92. The van der Waals surface area contributed by atoms with Crippen LogP contribution in [0.3, 0.4) is 0 Å². The topological polar surface area (TPSA) is 53.1 Å². The lowest BCUT2D eigenvalue weighted by molar-refractivity contribution is -0.138. The average Bonchev–Trinajstić information content (AvgIpc) is 2.88. The number of hydrogen-bond acceptors (Lipinski definition) is 1. The summed E-state index contributed by atoms with van der Waals surface area (Å²) < 4.78 is 0. The Hall–Kier alpha value is -2.55. The molecule has 0 radical (unpaired) electrons. The van der Waals surface area contributed by atoms with E-state index in [0.717, 1.165) is 22.0 Å². The largest absolute Gasteiger partial charge is 0.481 e. The fourth-order valence-electron chi connectivity index (χ4n) is 2.55. The maximum atomic E-state index is 11.6. The number of H-pyrrole nitrogens is 1. The van der Waals surface area contributed by atoms with Crippen LogP contribution in [0.15, 0.2) is 60.8 Å². The van der Waals surface area contributed by atoms with Crippen LogP contribution < -0.4 is 0 Å². The molecule has 3 aromatic rings. The zero-order valence-electron chi connectivity index (χ0n) is 10.9. The quantitative estimate of drug-likeness (QED) is 0.757. The summed E-state index contributed by atoms with van der Waals surface area (Å²) in [6.45, 7) is 0. The number of rotatable bonds is 4. The molecular weight excluding hydrogens is 250 g/mol. The van der Waals surface area contributed by atoms with Gasteiger partial charge in [0.05, 0.1) is 5.92 Å². The molecule has 0 spiro atoms. The number of fused-ring (bicyclic) bond motifs is 1. The third-order valence-corrected chi connectivity index (χ3v) is 3.60. The molecule has 3 rings (SSSR count). The van der Waals surface area contributed by atoms with Gasteiger partial charge >= 0.3 is 5.97 Å². The molecule has 0 amide bonds. The predicted molar refractivity (Wildman–Crippen MR) is 78.8 cm³/mol. The number of nitrogens with one attached hydrogen (secondary N) is 1. The Morgan fingerprint density at radius 1 is 1.05 bits per heavy atom. The van der Waals surface area contributed by atoms with Gasteiger partial charge in [-0.2, -0.15) is 0 Å². The van der Waals surface area contributed by atoms with E-state index in [1.54, 1.807) is 0 Å². The van der Waals surface area contributed by atoms with Crippen LogP contribution in [0.5, 0.6) is 0 Å². The van der Waals surface area contributed by atoms with E-state index >= 15 is 0 Å². The van der Waals surface area contributed by atoms with Gasteiger partial charge in [0.25, 0.3) is 0 Å². The summed E-state index contributed by atoms with van der Waals surface area (Å²) in [7, 11) is 0. The van der Waals surface area contributed by atoms with Gasteiger partial charge in [-0.15, -0.1) is 0 Å². The summed E-state index contributed by atoms with van der Waals surface area (Å²) in [5.74, 6) is -1.31. The fraction of sp³-hybridized carbons (Fsp3) is 0.118. The van der Waals surface area contributed by atoms with Gasteiger partial charge in [0, 0.05) is 17.1 Å². The smallest absolute Gasteiger partial charge is 0.311 e. The monoisotopic (exact) mass is 265 g/mol. The van der Waals surface area contributed by atoms with Gasteiger partial charge < -0.3 is 10.1 Å². The first-order chi connectivity index (χ1) is 9.75. The molecular formula is C17H15NO2. The molecule has 3 heteroatoms. The van der Waals surface area contributed by atoms with Crippen molar-refractivity contribution in [3.05, 3.63) is 71.9 Å². The molecule has 0 aliphatic heterocycles. The fourth-order valence-corrected chi connectivity index (χ4v) is 2.55. The van der Waals surface area contributed by atoms with Crippen LogP contribution in [0.1, 0.15) is 17.0 Å². The Morgan fingerprint density at radius 3 is 2.50 bits per heavy atom. The first-order valence-corrected chi connectivity index (χ1v) is 6.58. The van der Waals surface area contributed by atoms with Gasteiger partial charge in [-0.05, 0) is 23.6 Å². The Bertz CT molecular complexity index is 731. The maximum absolute atomic E-state index is 11.6. The summed E-state index contributed by atoms with van der Waals surface area (Å²) in [6, 6.07) is 17.3. The standard InChI is InChI=1S/C17H15NO2/c19-17(20)15(12-6-2-1-3-7-12)10-13-11-18-16-9-5-4-8-14(13)16/h1-9,11,15,18H,10H2,(H,19,20)/t15-/m0/s1. The van der Waals surface area contributed by atoms with Crippen LogP contribution in [0.4, 0.5) is 0 Å². The van der Waals surface area contributed by atoms with Gasteiger partial charge in [0.15, 0.2) is 0 Å². The molecule has 20 heavy (non-hydrogen) atoms. The molecule has 0 aliphatic rings. The van der Waals surface area contributed by atoms with Crippen molar-refractivity contribution in [3.63, 3.8) is 0 Å². The van der Waals surface area contributed by atoms with Crippen LogP contribution in [-0.4, -0.2) is 16.1 Å². The molecule has 3 nitrogen and oxygen atoms in total. The Morgan fingerprint density at radius 2 is 1.75 bits per heavy atom. The van der Waals surface area contributed by atoms with E-state index in [4.69, 9.17) is 0 Å². The number of aliphatic carboxylic acids is 1. The molecule has 0 fully saturated rings. The van der Waals surface area contributed by atoms with Gasteiger partial charge in [-0.3, -0.25) is 4.79 Å². The van der Waals surface area contributed by atoms with Crippen LogP contribution in [0.2, 0.25) is 0 Å². The highest BCUT2D eigenvalue weighted by Gasteiger charge is 2.21. The predicted octanol–water partition coefficient (Wildman–Crippen LogP) is 3.58. The summed E-state index contributed by atoms with van der Waals surface area (Å²) >= 11 is 0. The lowest BCUT2D eigenvalue weighted by Gasteiger charge is -2.12.